The lowest BCUT2D eigenvalue weighted by molar-refractivity contribution is 0.601. The smallest absolute Gasteiger partial charge is 0.222 e. The van der Waals surface area contributed by atoms with Gasteiger partial charge in [-0.15, -0.1) is 0 Å². The van der Waals surface area contributed by atoms with Crippen molar-refractivity contribution in [2.75, 3.05) is 18.6 Å². The standard InChI is InChI=1S/C20H22N4O2S/c1-21-11-15-5-3-7-17(9-15)18-13-23-20(24-14-18)22-12-16-6-4-8-19(10-16)27(2,25)26/h3-10,13-14,21H,11-12H2,1-2H3,(H,22,23,24). The molecule has 1 aromatic heterocycles. The highest BCUT2D eigenvalue weighted by atomic mass is 32.2. The summed E-state index contributed by atoms with van der Waals surface area (Å²) >= 11 is 0. The Morgan fingerprint density at radius 3 is 2.22 bits per heavy atom. The van der Waals surface area contributed by atoms with Crippen LogP contribution in [-0.2, 0) is 22.9 Å². The van der Waals surface area contributed by atoms with Crippen LogP contribution in [0.4, 0.5) is 5.95 Å². The highest BCUT2D eigenvalue weighted by molar-refractivity contribution is 7.90. The minimum atomic E-state index is -3.22. The molecule has 0 fully saturated rings. The second-order valence-electron chi connectivity index (χ2n) is 6.30. The van der Waals surface area contributed by atoms with Gasteiger partial charge >= 0.3 is 0 Å². The van der Waals surface area contributed by atoms with Crippen molar-refractivity contribution < 1.29 is 8.42 Å². The van der Waals surface area contributed by atoms with Gasteiger partial charge in [-0.25, -0.2) is 18.4 Å². The van der Waals surface area contributed by atoms with E-state index in [2.05, 4.69) is 32.7 Å². The van der Waals surface area contributed by atoms with Gasteiger partial charge in [0.2, 0.25) is 5.95 Å². The van der Waals surface area contributed by atoms with Crippen LogP contribution in [0.15, 0.2) is 65.8 Å². The molecule has 7 heteroatoms. The minimum Gasteiger partial charge on any atom is -0.350 e. The zero-order chi connectivity index (χ0) is 19.3. The van der Waals surface area contributed by atoms with Crippen LogP contribution in [0.1, 0.15) is 11.1 Å². The fraction of sp³-hybridized carbons (Fsp3) is 0.200. The number of hydrogen-bond donors (Lipinski definition) is 2. The number of aromatic nitrogens is 2. The largest absolute Gasteiger partial charge is 0.350 e. The molecule has 0 aliphatic rings. The molecule has 1 heterocycles. The molecule has 0 amide bonds. The Kier molecular flexibility index (Phi) is 5.83. The molecule has 6 nitrogen and oxygen atoms in total. The van der Waals surface area contributed by atoms with Crippen LogP contribution in [-0.4, -0.2) is 31.7 Å². The zero-order valence-electron chi connectivity index (χ0n) is 15.3. The Bertz CT molecular complexity index is 1020. The second-order valence-corrected chi connectivity index (χ2v) is 8.31. The first-order valence-electron chi connectivity index (χ1n) is 8.54. The summed E-state index contributed by atoms with van der Waals surface area (Å²) in [6, 6.07) is 15.1. The van der Waals surface area contributed by atoms with Gasteiger partial charge in [0.15, 0.2) is 9.84 Å². The number of nitrogens with one attached hydrogen (secondary N) is 2. The number of sulfone groups is 1. The third-order valence-corrected chi connectivity index (χ3v) is 5.18. The molecule has 0 spiro atoms. The summed E-state index contributed by atoms with van der Waals surface area (Å²) in [5, 5.41) is 6.26. The molecule has 0 radical (unpaired) electrons. The van der Waals surface area contributed by atoms with E-state index in [1.165, 1.54) is 11.8 Å². The van der Waals surface area contributed by atoms with Gasteiger partial charge in [0.1, 0.15) is 0 Å². The Hall–Kier alpha value is -2.77. The van der Waals surface area contributed by atoms with E-state index in [1.807, 2.05) is 25.2 Å². The molecule has 2 aromatic carbocycles. The fourth-order valence-electron chi connectivity index (χ4n) is 2.70. The van der Waals surface area contributed by atoms with E-state index in [0.717, 1.165) is 23.2 Å². The van der Waals surface area contributed by atoms with Crippen molar-refractivity contribution in [1.82, 2.24) is 15.3 Å². The third kappa shape index (κ3) is 5.12. The molecule has 2 N–H and O–H groups in total. The number of benzene rings is 2. The first-order chi connectivity index (χ1) is 13.0. The minimum absolute atomic E-state index is 0.305. The summed E-state index contributed by atoms with van der Waals surface area (Å²) in [6.45, 7) is 1.25. The quantitative estimate of drug-likeness (QED) is 0.654. The van der Waals surface area contributed by atoms with Gasteiger partial charge in [0.25, 0.3) is 0 Å². The molecule has 0 saturated heterocycles. The summed E-state index contributed by atoms with van der Waals surface area (Å²) < 4.78 is 23.3. The Morgan fingerprint density at radius 1 is 0.889 bits per heavy atom. The monoisotopic (exact) mass is 382 g/mol. The fourth-order valence-corrected chi connectivity index (χ4v) is 3.39. The highest BCUT2D eigenvalue weighted by Crippen LogP contribution is 2.20. The maximum Gasteiger partial charge on any atom is 0.222 e. The molecule has 27 heavy (non-hydrogen) atoms. The Labute approximate surface area is 159 Å². The third-order valence-electron chi connectivity index (χ3n) is 4.07. The molecule has 0 bridgehead atoms. The Morgan fingerprint density at radius 2 is 1.56 bits per heavy atom. The van der Waals surface area contributed by atoms with Crippen LogP contribution in [0.25, 0.3) is 11.1 Å². The van der Waals surface area contributed by atoms with Gasteiger partial charge in [-0.3, -0.25) is 0 Å². The van der Waals surface area contributed by atoms with Crippen molar-refractivity contribution in [3.8, 4) is 11.1 Å². The van der Waals surface area contributed by atoms with E-state index < -0.39 is 9.84 Å². The van der Waals surface area contributed by atoms with E-state index in [9.17, 15) is 8.42 Å². The maximum absolute atomic E-state index is 11.6. The molecule has 0 aliphatic carbocycles. The van der Waals surface area contributed by atoms with E-state index in [1.54, 1.807) is 30.6 Å². The van der Waals surface area contributed by atoms with E-state index in [4.69, 9.17) is 0 Å². The molecule has 0 saturated carbocycles. The predicted molar refractivity (Wildman–Crippen MR) is 107 cm³/mol. The van der Waals surface area contributed by atoms with Crippen molar-refractivity contribution in [2.24, 2.45) is 0 Å². The van der Waals surface area contributed by atoms with Crippen molar-refractivity contribution in [2.45, 2.75) is 18.0 Å². The molecule has 0 unspecified atom stereocenters. The van der Waals surface area contributed by atoms with Crippen LogP contribution < -0.4 is 10.6 Å². The summed E-state index contributed by atoms with van der Waals surface area (Å²) in [5.41, 5.74) is 4.06. The summed E-state index contributed by atoms with van der Waals surface area (Å²) in [4.78, 5) is 9.03. The first kappa shape index (κ1) is 19.0. The molecule has 3 rings (SSSR count). The topological polar surface area (TPSA) is 84.0 Å². The SMILES string of the molecule is CNCc1cccc(-c2cnc(NCc3cccc(S(C)(=O)=O)c3)nc2)c1. The normalized spacial score (nSPS) is 11.3. The average molecular weight is 382 g/mol. The van der Waals surface area contributed by atoms with Gasteiger partial charge in [-0.1, -0.05) is 30.3 Å². The lowest BCUT2D eigenvalue weighted by Gasteiger charge is -2.08. The molecular formula is C20H22N4O2S. The number of nitrogens with zero attached hydrogens (tertiary/aromatic N) is 2. The molecular weight excluding hydrogens is 360 g/mol. The number of hydrogen-bond acceptors (Lipinski definition) is 6. The van der Waals surface area contributed by atoms with Gasteiger partial charge in [-0.2, -0.15) is 0 Å². The number of rotatable bonds is 7. The van der Waals surface area contributed by atoms with Gasteiger partial charge in [0.05, 0.1) is 4.90 Å². The predicted octanol–water partition coefficient (Wildman–Crippen LogP) is 2.88. The van der Waals surface area contributed by atoms with E-state index in [-0.39, 0.29) is 0 Å². The van der Waals surface area contributed by atoms with E-state index >= 15 is 0 Å². The maximum atomic E-state index is 11.6. The van der Waals surface area contributed by atoms with Crippen LogP contribution >= 0.6 is 0 Å². The van der Waals surface area contributed by atoms with Crippen molar-refractivity contribution in [3.05, 3.63) is 72.1 Å². The van der Waals surface area contributed by atoms with Crippen molar-refractivity contribution in [3.63, 3.8) is 0 Å². The van der Waals surface area contributed by atoms with Gasteiger partial charge < -0.3 is 10.6 Å². The zero-order valence-corrected chi connectivity index (χ0v) is 16.1. The van der Waals surface area contributed by atoms with Crippen molar-refractivity contribution in [1.29, 1.82) is 0 Å². The molecule has 0 aliphatic heterocycles. The highest BCUT2D eigenvalue weighted by Gasteiger charge is 2.07. The van der Waals surface area contributed by atoms with Crippen LogP contribution in [0.3, 0.4) is 0 Å². The van der Waals surface area contributed by atoms with Crippen LogP contribution in [0, 0.1) is 0 Å². The summed E-state index contributed by atoms with van der Waals surface area (Å²) in [6.07, 6.45) is 4.76. The lowest BCUT2D eigenvalue weighted by Crippen LogP contribution is -2.05. The van der Waals surface area contributed by atoms with Crippen LogP contribution in [0.2, 0.25) is 0 Å². The second kappa shape index (κ2) is 8.28. The summed E-state index contributed by atoms with van der Waals surface area (Å²) in [5.74, 6) is 0.495. The molecule has 140 valence electrons. The van der Waals surface area contributed by atoms with Gasteiger partial charge in [0, 0.05) is 37.3 Å². The van der Waals surface area contributed by atoms with Gasteiger partial charge in [-0.05, 0) is 41.9 Å². The lowest BCUT2D eigenvalue weighted by atomic mass is 10.1. The first-order valence-corrected chi connectivity index (χ1v) is 10.4. The molecule has 3 aromatic rings. The summed E-state index contributed by atoms with van der Waals surface area (Å²) in [7, 11) is -1.30. The Balaban J connectivity index is 1.69. The van der Waals surface area contributed by atoms with E-state index in [0.29, 0.717) is 17.4 Å². The number of anilines is 1. The van der Waals surface area contributed by atoms with Crippen LogP contribution in [0.5, 0.6) is 0 Å². The van der Waals surface area contributed by atoms with Crippen molar-refractivity contribution >= 4 is 15.8 Å². The average Bonchev–Trinajstić information content (AvgIpc) is 2.67. The molecule has 0 atom stereocenters.